The minimum Gasteiger partial charge on any atom is -0.369 e. The van der Waals surface area contributed by atoms with Gasteiger partial charge >= 0.3 is 0 Å². The second kappa shape index (κ2) is 5.59. The predicted molar refractivity (Wildman–Crippen MR) is 96.0 cm³/mol. The first-order valence-electron chi connectivity index (χ1n) is 7.52. The minimum atomic E-state index is 0.550. The number of aromatic nitrogens is 2. The van der Waals surface area contributed by atoms with E-state index in [1.165, 1.54) is 11.1 Å². The molecule has 3 aromatic rings. The van der Waals surface area contributed by atoms with Gasteiger partial charge in [0.25, 0.3) is 0 Å². The average molecular weight is 344 g/mol. The third-order valence-corrected chi connectivity index (χ3v) is 4.86. The smallest absolute Gasteiger partial charge is 0.133 e. The largest absolute Gasteiger partial charge is 0.369 e. The number of benzene rings is 2. The molecule has 2 heterocycles. The summed E-state index contributed by atoms with van der Waals surface area (Å²) in [6.07, 6.45) is 0.955. The van der Waals surface area contributed by atoms with Gasteiger partial charge in [-0.1, -0.05) is 47.0 Å². The molecule has 5 heteroatoms. The number of anilines is 1. The van der Waals surface area contributed by atoms with Gasteiger partial charge in [-0.2, -0.15) is 5.10 Å². The van der Waals surface area contributed by atoms with Crippen molar-refractivity contribution in [3.63, 3.8) is 0 Å². The molecule has 0 spiro atoms. The Bertz CT molecular complexity index is 882. The highest BCUT2D eigenvalue weighted by molar-refractivity contribution is 6.42. The Morgan fingerprint density at radius 2 is 1.83 bits per heavy atom. The highest BCUT2D eigenvalue weighted by atomic mass is 35.5. The normalized spacial score (nSPS) is 13.0. The summed E-state index contributed by atoms with van der Waals surface area (Å²) in [4.78, 5) is 0. The van der Waals surface area contributed by atoms with Crippen molar-refractivity contribution in [2.45, 2.75) is 13.3 Å². The molecule has 0 atom stereocenters. The number of hydrogen-bond donors (Lipinski definition) is 1. The molecule has 0 fully saturated rings. The number of nitrogens with one attached hydrogen (secondary N) is 1. The Balaban J connectivity index is 1.87. The first kappa shape index (κ1) is 14.6. The quantitative estimate of drug-likeness (QED) is 0.699. The van der Waals surface area contributed by atoms with E-state index in [9.17, 15) is 0 Å². The molecule has 0 saturated carbocycles. The van der Waals surface area contributed by atoms with Crippen LogP contribution in [0.1, 0.15) is 11.1 Å². The SMILES string of the molecule is Cc1ccc(-n2nc(-c3ccc(Cl)c(Cl)c3)c3c2NCC3)cc1. The first-order valence-corrected chi connectivity index (χ1v) is 8.27. The van der Waals surface area contributed by atoms with Crippen LogP contribution in [0.4, 0.5) is 5.82 Å². The first-order chi connectivity index (χ1) is 11.1. The number of aryl methyl sites for hydroxylation is 1. The van der Waals surface area contributed by atoms with E-state index < -0.39 is 0 Å². The lowest BCUT2D eigenvalue weighted by atomic mass is 10.1. The number of rotatable bonds is 2. The third kappa shape index (κ3) is 2.50. The summed E-state index contributed by atoms with van der Waals surface area (Å²) >= 11 is 12.2. The van der Waals surface area contributed by atoms with Crippen molar-refractivity contribution >= 4 is 29.0 Å². The molecule has 0 amide bonds. The van der Waals surface area contributed by atoms with Gasteiger partial charge in [-0.05, 0) is 37.6 Å². The third-order valence-electron chi connectivity index (χ3n) is 4.12. The van der Waals surface area contributed by atoms with Crippen molar-refractivity contribution in [2.24, 2.45) is 0 Å². The average Bonchev–Trinajstić information content (AvgIpc) is 3.13. The zero-order valence-electron chi connectivity index (χ0n) is 12.6. The van der Waals surface area contributed by atoms with E-state index in [1.807, 2.05) is 22.9 Å². The molecule has 1 aliphatic rings. The van der Waals surface area contributed by atoms with Gasteiger partial charge in [0.1, 0.15) is 5.82 Å². The van der Waals surface area contributed by atoms with E-state index in [-0.39, 0.29) is 0 Å². The van der Waals surface area contributed by atoms with Crippen LogP contribution in [0, 0.1) is 6.92 Å². The molecule has 0 unspecified atom stereocenters. The van der Waals surface area contributed by atoms with Gasteiger partial charge in [-0.25, -0.2) is 4.68 Å². The second-order valence-electron chi connectivity index (χ2n) is 5.73. The van der Waals surface area contributed by atoms with Crippen molar-refractivity contribution in [1.29, 1.82) is 0 Å². The number of halogens is 2. The molecule has 23 heavy (non-hydrogen) atoms. The van der Waals surface area contributed by atoms with Gasteiger partial charge in [-0.15, -0.1) is 0 Å². The molecule has 3 nitrogen and oxygen atoms in total. The molecule has 1 aliphatic heterocycles. The van der Waals surface area contributed by atoms with Gasteiger partial charge in [0.05, 0.1) is 21.4 Å². The van der Waals surface area contributed by atoms with Crippen LogP contribution in [0.2, 0.25) is 10.0 Å². The Hall–Kier alpha value is -1.97. The lowest BCUT2D eigenvalue weighted by molar-refractivity contribution is 0.882. The molecular weight excluding hydrogens is 329 g/mol. The topological polar surface area (TPSA) is 29.9 Å². The number of nitrogens with zero attached hydrogens (tertiary/aromatic N) is 2. The fourth-order valence-electron chi connectivity index (χ4n) is 2.92. The van der Waals surface area contributed by atoms with Crippen LogP contribution in [0.15, 0.2) is 42.5 Å². The van der Waals surface area contributed by atoms with Crippen molar-refractivity contribution < 1.29 is 0 Å². The summed E-state index contributed by atoms with van der Waals surface area (Å²) < 4.78 is 1.97. The summed E-state index contributed by atoms with van der Waals surface area (Å²) in [5.74, 6) is 1.06. The Labute approximate surface area is 144 Å². The molecule has 4 rings (SSSR count). The fourth-order valence-corrected chi connectivity index (χ4v) is 3.22. The van der Waals surface area contributed by atoms with Gasteiger partial charge in [0.15, 0.2) is 0 Å². The van der Waals surface area contributed by atoms with Crippen LogP contribution < -0.4 is 5.32 Å². The van der Waals surface area contributed by atoms with Gasteiger partial charge in [-0.3, -0.25) is 0 Å². The molecule has 0 saturated heterocycles. The molecule has 0 aliphatic carbocycles. The molecule has 1 N–H and O–H groups in total. The van der Waals surface area contributed by atoms with E-state index in [4.69, 9.17) is 28.3 Å². The lowest BCUT2D eigenvalue weighted by Gasteiger charge is -2.06. The van der Waals surface area contributed by atoms with Crippen molar-refractivity contribution in [3.8, 4) is 16.9 Å². The summed E-state index contributed by atoms with van der Waals surface area (Å²) in [7, 11) is 0. The Morgan fingerprint density at radius 3 is 2.57 bits per heavy atom. The van der Waals surface area contributed by atoms with Gasteiger partial charge in [0.2, 0.25) is 0 Å². The number of hydrogen-bond acceptors (Lipinski definition) is 2. The Kier molecular flexibility index (Phi) is 3.55. The standard InChI is InChI=1S/C18H15Cl2N3/c1-11-2-5-13(6-3-11)23-18-14(8-9-21-18)17(22-23)12-4-7-15(19)16(20)10-12/h2-7,10,21H,8-9H2,1H3. The van der Waals surface area contributed by atoms with E-state index in [0.717, 1.165) is 35.7 Å². The highest BCUT2D eigenvalue weighted by Crippen LogP contribution is 2.36. The fraction of sp³-hybridized carbons (Fsp3) is 0.167. The molecular formula is C18H15Cl2N3. The van der Waals surface area contributed by atoms with Crippen molar-refractivity contribution in [2.75, 3.05) is 11.9 Å². The zero-order chi connectivity index (χ0) is 16.0. The maximum atomic E-state index is 6.17. The second-order valence-corrected chi connectivity index (χ2v) is 6.54. The van der Waals surface area contributed by atoms with E-state index in [0.29, 0.717) is 10.0 Å². The van der Waals surface area contributed by atoms with Gasteiger partial charge < -0.3 is 5.32 Å². The molecule has 0 radical (unpaired) electrons. The highest BCUT2D eigenvalue weighted by Gasteiger charge is 2.24. The molecule has 116 valence electrons. The molecule has 1 aromatic heterocycles. The van der Waals surface area contributed by atoms with Crippen LogP contribution in [0.5, 0.6) is 0 Å². The van der Waals surface area contributed by atoms with E-state index in [2.05, 4.69) is 36.5 Å². The number of fused-ring (bicyclic) bond motifs is 1. The van der Waals surface area contributed by atoms with Crippen LogP contribution in [-0.4, -0.2) is 16.3 Å². The zero-order valence-corrected chi connectivity index (χ0v) is 14.1. The van der Waals surface area contributed by atoms with E-state index in [1.54, 1.807) is 0 Å². The Morgan fingerprint density at radius 1 is 1.04 bits per heavy atom. The van der Waals surface area contributed by atoms with Crippen LogP contribution in [0.25, 0.3) is 16.9 Å². The van der Waals surface area contributed by atoms with Crippen LogP contribution in [0.3, 0.4) is 0 Å². The predicted octanol–water partition coefficient (Wildman–Crippen LogP) is 5.12. The molecule has 0 bridgehead atoms. The summed E-state index contributed by atoms with van der Waals surface area (Å²) in [6, 6.07) is 14.0. The molecule has 2 aromatic carbocycles. The summed E-state index contributed by atoms with van der Waals surface area (Å²) in [6.45, 7) is 3.00. The summed E-state index contributed by atoms with van der Waals surface area (Å²) in [5.41, 5.74) is 5.46. The van der Waals surface area contributed by atoms with Crippen molar-refractivity contribution in [1.82, 2.24) is 9.78 Å². The maximum absolute atomic E-state index is 6.17. The lowest BCUT2D eigenvalue weighted by Crippen LogP contribution is -2.04. The maximum Gasteiger partial charge on any atom is 0.133 e. The monoisotopic (exact) mass is 343 g/mol. The van der Waals surface area contributed by atoms with Crippen LogP contribution >= 0.6 is 23.2 Å². The van der Waals surface area contributed by atoms with Crippen LogP contribution in [-0.2, 0) is 6.42 Å². The van der Waals surface area contributed by atoms with Gasteiger partial charge in [0, 0.05) is 17.7 Å². The van der Waals surface area contributed by atoms with E-state index >= 15 is 0 Å². The summed E-state index contributed by atoms with van der Waals surface area (Å²) in [5, 5.41) is 9.37. The van der Waals surface area contributed by atoms with Crippen molar-refractivity contribution in [3.05, 3.63) is 63.6 Å². The minimum absolute atomic E-state index is 0.550.